The Bertz CT molecular complexity index is 579. The first-order chi connectivity index (χ1) is 8.47. The highest BCUT2D eigenvalue weighted by molar-refractivity contribution is 6.02. The molecule has 94 valence electrons. The number of aryl methyl sites for hydroxylation is 3. The van der Waals surface area contributed by atoms with E-state index in [-0.39, 0.29) is 17.7 Å². The van der Waals surface area contributed by atoms with E-state index < -0.39 is 0 Å². The highest BCUT2D eigenvalue weighted by Crippen LogP contribution is 2.22. The number of amides is 1. The molecule has 0 saturated heterocycles. The lowest BCUT2D eigenvalue weighted by Gasteiger charge is -2.11. The van der Waals surface area contributed by atoms with Crippen LogP contribution in [0, 0.1) is 20.8 Å². The van der Waals surface area contributed by atoms with E-state index in [0.717, 1.165) is 22.4 Å². The maximum absolute atomic E-state index is 11.9. The Morgan fingerprint density at radius 2 is 1.89 bits per heavy atom. The molecule has 2 rings (SSSR count). The molecule has 6 heteroatoms. The molecule has 0 aliphatic rings. The van der Waals surface area contributed by atoms with Gasteiger partial charge in [-0.25, -0.2) is 0 Å². The third-order valence-corrected chi connectivity index (χ3v) is 2.63. The van der Waals surface area contributed by atoms with Crippen LogP contribution in [0.3, 0.4) is 0 Å². The van der Waals surface area contributed by atoms with Crippen molar-refractivity contribution < 1.29 is 4.79 Å². The van der Waals surface area contributed by atoms with E-state index in [1.54, 1.807) is 0 Å². The Hall–Kier alpha value is -2.37. The lowest BCUT2D eigenvalue weighted by Crippen LogP contribution is -2.15. The second-order valence-corrected chi connectivity index (χ2v) is 4.27. The Morgan fingerprint density at radius 1 is 1.28 bits per heavy atom. The number of H-pyrrole nitrogens is 1. The van der Waals surface area contributed by atoms with Crippen molar-refractivity contribution in [3.63, 3.8) is 0 Å². The summed E-state index contributed by atoms with van der Waals surface area (Å²) in [6, 6.07) is 4.02. The Labute approximate surface area is 105 Å². The van der Waals surface area contributed by atoms with E-state index in [2.05, 4.69) is 20.5 Å². The minimum Gasteiger partial charge on any atom is -0.366 e. The number of nitrogens with one attached hydrogen (secondary N) is 2. The van der Waals surface area contributed by atoms with Crippen LogP contribution in [0.25, 0.3) is 0 Å². The lowest BCUT2D eigenvalue weighted by atomic mass is 10.1. The molecule has 0 aliphatic carbocycles. The summed E-state index contributed by atoms with van der Waals surface area (Å²) >= 11 is 0. The van der Waals surface area contributed by atoms with E-state index >= 15 is 0 Å². The zero-order valence-corrected chi connectivity index (χ0v) is 10.5. The third-order valence-electron chi connectivity index (χ3n) is 2.63. The summed E-state index contributed by atoms with van der Waals surface area (Å²) in [6.45, 7) is 5.91. The minimum atomic E-state index is -0.353. The van der Waals surface area contributed by atoms with Crippen LogP contribution in [0.5, 0.6) is 0 Å². The van der Waals surface area contributed by atoms with Gasteiger partial charge >= 0.3 is 0 Å². The number of nitrogen functional groups attached to an aromatic ring is 1. The molecule has 0 spiro atoms. The highest BCUT2D eigenvalue weighted by Gasteiger charge is 2.13. The summed E-state index contributed by atoms with van der Waals surface area (Å²) in [5.41, 5.74) is 9.32. The van der Waals surface area contributed by atoms with Crippen LogP contribution in [-0.2, 0) is 0 Å². The number of benzene rings is 1. The molecule has 0 saturated carbocycles. The number of nitrogens with zero attached hydrogens (tertiary/aromatic N) is 2. The van der Waals surface area contributed by atoms with Gasteiger partial charge in [-0.05, 0) is 31.9 Å². The molecule has 6 nitrogen and oxygen atoms in total. The van der Waals surface area contributed by atoms with Crippen LogP contribution in [0.2, 0.25) is 0 Å². The molecule has 0 bridgehead atoms. The van der Waals surface area contributed by atoms with Crippen LogP contribution >= 0.6 is 0 Å². The van der Waals surface area contributed by atoms with Crippen molar-refractivity contribution in [2.75, 3.05) is 11.1 Å². The second-order valence-electron chi connectivity index (χ2n) is 4.27. The maximum Gasteiger partial charge on any atom is 0.293 e. The van der Waals surface area contributed by atoms with E-state index in [1.807, 2.05) is 32.9 Å². The zero-order chi connectivity index (χ0) is 13.3. The predicted octanol–water partition coefficient (Wildman–Crippen LogP) is 1.56. The van der Waals surface area contributed by atoms with Crippen LogP contribution in [0.1, 0.15) is 27.3 Å². The van der Waals surface area contributed by atoms with Crippen molar-refractivity contribution in [2.45, 2.75) is 20.8 Å². The minimum absolute atomic E-state index is 0.0532. The quantitative estimate of drug-likeness (QED) is 0.748. The van der Waals surface area contributed by atoms with Crippen molar-refractivity contribution in [3.05, 3.63) is 34.6 Å². The SMILES string of the molecule is Cc1cc(C)c(NC(=O)c2nc(N)n[nH]2)c(C)c1. The molecule has 0 radical (unpaired) electrons. The molecular formula is C12H15N5O. The number of aromatic nitrogens is 3. The van der Waals surface area contributed by atoms with Gasteiger partial charge in [0, 0.05) is 5.69 Å². The van der Waals surface area contributed by atoms with Gasteiger partial charge in [-0.2, -0.15) is 4.98 Å². The Kier molecular flexibility index (Phi) is 3.01. The zero-order valence-electron chi connectivity index (χ0n) is 10.5. The fraction of sp³-hybridized carbons (Fsp3) is 0.250. The normalized spacial score (nSPS) is 10.4. The molecule has 0 fully saturated rings. The summed E-state index contributed by atoms with van der Waals surface area (Å²) in [7, 11) is 0. The summed E-state index contributed by atoms with van der Waals surface area (Å²) in [4.78, 5) is 15.7. The monoisotopic (exact) mass is 245 g/mol. The van der Waals surface area contributed by atoms with Gasteiger partial charge in [-0.3, -0.25) is 9.89 Å². The maximum atomic E-state index is 11.9. The summed E-state index contributed by atoms with van der Waals surface area (Å²) in [6.07, 6.45) is 0. The first-order valence-electron chi connectivity index (χ1n) is 5.54. The molecule has 0 atom stereocenters. The standard InChI is InChI=1S/C12H15N5O/c1-6-4-7(2)9(8(3)5-6)14-11(18)10-15-12(13)17-16-10/h4-5H,1-3H3,(H,14,18)(H3,13,15,16,17). The summed E-state index contributed by atoms with van der Waals surface area (Å²) in [5, 5.41) is 8.90. The van der Waals surface area contributed by atoms with Gasteiger partial charge in [-0.1, -0.05) is 17.7 Å². The number of carbonyl (C=O) groups excluding carboxylic acids is 1. The van der Waals surface area contributed by atoms with Crippen molar-refractivity contribution >= 4 is 17.5 Å². The third kappa shape index (κ3) is 2.32. The number of anilines is 2. The van der Waals surface area contributed by atoms with Gasteiger partial charge in [0.2, 0.25) is 11.8 Å². The number of nitrogens with two attached hydrogens (primary N) is 1. The smallest absolute Gasteiger partial charge is 0.293 e. The molecular weight excluding hydrogens is 230 g/mol. The fourth-order valence-electron chi connectivity index (χ4n) is 1.93. The molecule has 1 heterocycles. The molecule has 1 amide bonds. The molecule has 0 aliphatic heterocycles. The molecule has 1 aromatic heterocycles. The number of aromatic amines is 1. The molecule has 0 unspecified atom stereocenters. The average molecular weight is 245 g/mol. The molecule has 2 aromatic rings. The van der Waals surface area contributed by atoms with Crippen molar-refractivity contribution in [2.24, 2.45) is 0 Å². The van der Waals surface area contributed by atoms with Crippen LogP contribution < -0.4 is 11.1 Å². The first-order valence-corrected chi connectivity index (χ1v) is 5.54. The van der Waals surface area contributed by atoms with Crippen molar-refractivity contribution in [3.8, 4) is 0 Å². The van der Waals surface area contributed by atoms with Gasteiger partial charge in [0.25, 0.3) is 5.91 Å². The van der Waals surface area contributed by atoms with Gasteiger partial charge in [0.15, 0.2) is 0 Å². The van der Waals surface area contributed by atoms with Crippen LogP contribution in [0.4, 0.5) is 11.6 Å². The Morgan fingerprint density at radius 3 is 2.39 bits per heavy atom. The molecule has 1 aromatic carbocycles. The van der Waals surface area contributed by atoms with Crippen molar-refractivity contribution in [1.29, 1.82) is 0 Å². The van der Waals surface area contributed by atoms with Gasteiger partial charge in [0.1, 0.15) is 0 Å². The largest absolute Gasteiger partial charge is 0.366 e. The Balaban J connectivity index is 2.27. The van der Waals surface area contributed by atoms with E-state index in [0.29, 0.717) is 0 Å². The first kappa shape index (κ1) is 12.1. The number of carbonyl (C=O) groups is 1. The number of hydrogen-bond donors (Lipinski definition) is 3. The van der Waals surface area contributed by atoms with Gasteiger partial charge < -0.3 is 11.1 Å². The average Bonchev–Trinajstić information content (AvgIpc) is 2.70. The summed E-state index contributed by atoms with van der Waals surface area (Å²) < 4.78 is 0. The molecule has 4 N–H and O–H groups in total. The topological polar surface area (TPSA) is 96.7 Å². The number of rotatable bonds is 2. The lowest BCUT2D eigenvalue weighted by molar-refractivity contribution is 0.101. The second kappa shape index (κ2) is 4.48. The van der Waals surface area contributed by atoms with Gasteiger partial charge in [-0.15, -0.1) is 5.10 Å². The van der Waals surface area contributed by atoms with E-state index in [1.165, 1.54) is 0 Å². The summed E-state index contributed by atoms with van der Waals surface area (Å²) in [5.74, 6) is -0.196. The predicted molar refractivity (Wildman–Crippen MR) is 69.4 cm³/mol. The van der Waals surface area contributed by atoms with E-state index in [9.17, 15) is 4.79 Å². The fourth-order valence-corrected chi connectivity index (χ4v) is 1.93. The van der Waals surface area contributed by atoms with Crippen molar-refractivity contribution in [1.82, 2.24) is 15.2 Å². The van der Waals surface area contributed by atoms with Gasteiger partial charge in [0.05, 0.1) is 0 Å². The number of hydrogen-bond acceptors (Lipinski definition) is 4. The van der Waals surface area contributed by atoms with Crippen LogP contribution in [0.15, 0.2) is 12.1 Å². The molecule has 18 heavy (non-hydrogen) atoms. The highest BCUT2D eigenvalue weighted by atomic mass is 16.2. The van der Waals surface area contributed by atoms with E-state index in [4.69, 9.17) is 5.73 Å². The van der Waals surface area contributed by atoms with Crippen LogP contribution in [-0.4, -0.2) is 21.1 Å².